The highest BCUT2D eigenvalue weighted by molar-refractivity contribution is 5.94. The summed E-state index contributed by atoms with van der Waals surface area (Å²) in [6.45, 7) is 0.0187. The van der Waals surface area contributed by atoms with E-state index in [1.807, 2.05) is 18.2 Å². The van der Waals surface area contributed by atoms with Crippen LogP contribution in [0.4, 0.5) is 0 Å². The number of benzene rings is 1. The van der Waals surface area contributed by atoms with E-state index >= 15 is 0 Å². The van der Waals surface area contributed by atoms with Crippen molar-refractivity contribution in [3.63, 3.8) is 0 Å². The van der Waals surface area contributed by atoms with Gasteiger partial charge in [0.15, 0.2) is 6.04 Å². The van der Waals surface area contributed by atoms with Crippen molar-refractivity contribution in [2.45, 2.75) is 12.5 Å². The number of amides is 1. The summed E-state index contributed by atoms with van der Waals surface area (Å²) in [6.07, 6.45) is 3.67. The highest BCUT2D eigenvalue weighted by Gasteiger charge is 2.17. The predicted molar refractivity (Wildman–Crippen MR) is 71.3 cm³/mol. The fraction of sp³-hybridized carbons (Fsp3) is 0.286. The number of carbonyl (C=O) groups is 2. The van der Waals surface area contributed by atoms with Crippen LogP contribution in [0, 0.1) is 0 Å². The summed E-state index contributed by atoms with van der Waals surface area (Å²) in [5, 5.41) is 19.7. The number of nitrogens with one attached hydrogen (secondary N) is 1. The maximum atomic E-state index is 11.5. The summed E-state index contributed by atoms with van der Waals surface area (Å²) >= 11 is 0. The lowest BCUT2D eigenvalue weighted by molar-refractivity contribution is -0.142. The third-order valence-corrected chi connectivity index (χ3v) is 2.94. The summed E-state index contributed by atoms with van der Waals surface area (Å²) < 4.78 is 5.38. The fourth-order valence-electron chi connectivity index (χ4n) is 1.89. The molecule has 1 unspecified atom stereocenters. The van der Waals surface area contributed by atoms with Gasteiger partial charge >= 0.3 is 5.97 Å². The third-order valence-electron chi connectivity index (χ3n) is 2.94. The number of rotatable bonds is 5. The van der Waals surface area contributed by atoms with E-state index in [1.165, 1.54) is 6.08 Å². The van der Waals surface area contributed by atoms with Gasteiger partial charge in [-0.25, -0.2) is 4.79 Å². The molecule has 0 aromatic heterocycles. The number of carbonyl (C=O) groups excluding carboxylic acids is 1. The number of aliphatic hydroxyl groups is 1. The van der Waals surface area contributed by atoms with Gasteiger partial charge in [-0.1, -0.05) is 6.07 Å². The molecule has 1 amide bonds. The molecule has 0 spiro atoms. The molecule has 1 aromatic rings. The van der Waals surface area contributed by atoms with Crippen molar-refractivity contribution in [3.05, 3.63) is 35.4 Å². The number of hydrogen-bond donors (Lipinski definition) is 3. The van der Waals surface area contributed by atoms with Crippen molar-refractivity contribution in [1.82, 2.24) is 5.32 Å². The lowest BCUT2D eigenvalue weighted by atomic mass is 10.1. The number of fused-ring (bicyclic) bond motifs is 1. The summed E-state index contributed by atoms with van der Waals surface area (Å²) in [5.74, 6) is -0.982. The molecular weight excluding hydrogens is 262 g/mol. The summed E-state index contributed by atoms with van der Waals surface area (Å²) in [7, 11) is 0. The van der Waals surface area contributed by atoms with Gasteiger partial charge in [0.05, 0.1) is 13.2 Å². The van der Waals surface area contributed by atoms with Gasteiger partial charge in [0.1, 0.15) is 5.75 Å². The molecule has 1 aliphatic heterocycles. The number of carboxylic acid groups (broad SMARTS) is 1. The minimum absolute atomic E-state index is 0.566. The van der Waals surface area contributed by atoms with Crippen molar-refractivity contribution in [2.75, 3.05) is 13.2 Å². The second-order valence-electron chi connectivity index (χ2n) is 4.38. The molecule has 0 saturated heterocycles. The Morgan fingerprint density at radius 2 is 2.25 bits per heavy atom. The van der Waals surface area contributed by atoms with E-state index in [0.29, 0.717) is 6.61 Å². The van der Waals surface area contributed by atoms with Crippen LogP contribution >= 0.6 is 0 Å². The molecule has 0 aliphatic carbocycles. The monoisotopic (exact) mass is 277 g/mol. The number of aliphatic carboxylic acids is 1. The van der Waals surface area contributed by atoms with Gasteiger partial charge in [-0.3, -0.25) is 4.79 Å². The molecule has 106 valence electrons. The molecule has 0 radical (unpaired) electrons. The van der Waals surface area contributed by atoms with Gasteiger partial charge < -0.3 is 20.3 Å². The van der Waals surface area contributed by atoms with Gasteiger partial charge in [-0.05, 0) is 29.3 Å². The first-order chi connectivity index (χ1) is 9.60. The van der Waals surface area contributed by atoms with Crippen molar-refractivity contribution in [1.29, 1.82) is 0 Å². The SMILES string of the molecule is O=C(/C=C/c1ccc2c(c1)CCO2)NC(CO)C(=O)O. The van der Waals surface area contributed by atoms with Gasteiger partial charge in [-0.2, -0.15) is 0 Å². The molecule has 1 aromatic carbocycles. The first-order valence-electron chi connectivity index (χ1n) is 6.18. The first kappa shape index (κ1) is 14.1. The normalized spacial score (nSPS) is 14.7. The van der Waals surface area contributed by atoms with Gasteiger partial charge in [-0.15, -0.1) is 0 Å². The van der Waals surface area contributed by atoms with E-state index in [-0.39, 0.29) is 0 Å². The van der Waals surface area contributed by atoms with Gasteiger partial charge in [0.2, 0.25) is 5.91 Å². The molecule has 6 nitrogen and oxygen atoms in total. The van der Waals surface area contributed by atoms with Crippen LogP contribution in [0.25, 0.3) is 6.08 Å². The quantitative estimate of drug-likeness (QED) is 0.668. The Morgan fingerprint density at radius 1 is 1.45 bits per heavy atom. The lowest BCUT2D eigenvalue weighted by Gasteiger charge is -2.09. The molecule has 3 N–H and O–H groups in total. The Morgan fingerprint density at radius 3 is 2.95 bits per heavy atom. The van der Waals surface area contributed by atoms with Crippen LogP contribution in [0.2, 0.25) is 0 Å². The van der Waals surface area contributed by atoms with Gasteiger partial charge in [0, 0.05) is 12.5 Å². The number of carboxylic acids is 1. The predicted octanol–water partition coefficient (Wildman–Crippen LogP) is 0.196. The molecule has 0 fully saturated rings. The van der Waals surface area contributed by atoms with Crippen LogP contribution in [-0.2, 0) is 16.0 Å². The maximum absolute atomic E-state index is 11.5. The van der Waals surface area contributed by atoms with E-state index < -0.39 is 24.5 Å². The number of aliphatic hydroxyl groups excluding tert-OH is 1. The van der Waals surface area contributed by atoms with Crippen LogP contribution in [0.15, 0.2) is 24.3 Å². The van der Waals surface area contributed by atoms with Crippen LogP contribution in [-0.4, -0.2) is 41.3 Å². The average molecular weight is 277 g/mol. The van der Waals surface area contributed by atoms with E-state index in [4.69, 9.17) is 14.9 Å². The van der Waals surface area contributed by atoms with Crippen LogP contribution in [0.3, 0.4) is 0 Å². The van der Waals surface area contributed by atoms with E-state index in [9.17, 15) is 9.59 Å². The smallest absolute Gasteiger partial charge is 0.328 e. The third kappa shape index (κ3) is 3.36. The Kier molecular flexibility index (Phi) is 4.37. The molecule has 1 atom stereocenters. The van der Waals surface area contributed by atoms with Crippen molar-refractivity contribution < 1.29 is 24.5 Å². The zero-order chi connectivity index (χ0) is 14.5. The average Bonchev–Trinajstić information content (AvgIpc) is 2.89. The Balaban J connectivity index is 1.98. The topological polar surface area (TPSA) is 95.9 Å². The highest BCUT2D eigenvalue weighted by atomic mass is 16.5. The molecule has 0 saturated carbocycles. The van der Waals surface area contributed by atoms with E-state index in [2.05, 4.69) is 5.32 Å². The maximum Gasteiger partial charge on any atom is 0.328 e. The second kappa shape index (κ2) is 6.21. The molecule has 1 heterocycles. The van der Waals surface area contributed by atoms with Crippen LogP contribution in [0.1, 0.15) is 11.1 Å². The molecule has 6 heteroatoms. The summed E-state index contributed by atoms with van der Waals surface area (Å²) in [4.78, 5) is 22.2. The van der Waals surface area contributed by atoms with E-state index in [0.717, 1.165) is 23.3 Å². The molecule has 1 aliphatic rings. The molecule has 0 bridgehead atoms. The highest BCUT2D eigenvalue weighted by Crippen LogP contribution is 2.26. The van der Waals surface area contributed by atoms with Crippen LogP contribution < -0.4 is 10.1 Å². The Labute approximate surface area is 115 Å². The number of ether oxygens (including phenoxy) is 1. The van der Waals surface area contributed by atoms with Crippen molar-refractivity contribution in [3.8, 4) is 5.75 Å². The Hall–Kier alpha value is -2.34. The largest absolute Gasteiger partial charge is 0.493 e. The lowest BCUT2D eigenvalue weighted by Crippen LogP contribution is -2.42. The summed E-state index contributed by atoms with van der Waals surface area (Å²) in [5.41, 5.74) is 1.92. The minimum Gasteiger partial charge on any atom is -0.493 e. The molecular formula is C14H15NO5. The van der Waals surface area contributed by atoms with Gasteiger partial charge in [0.25, 0.3) is 0 Å². The number of hydrogen-bond acceptors (Lipinski definition) is 4. The second-order valence-corrected chi connectivity index (χ2v) is 4.38. The van der Waals surface area contributed by atoms with Crippen molar-refractivity contribution >= 4 is 18.0 Å². The fourth-order valence-corrected chi connectivity index (χ4v) is 1.89. The zero-order valence-corrected chi connectivity index (χ0v) is 10.7. The molecule has 2 rings (SSSR count). The zero-order valence-electron chi connectivity index (χ0n) is 10.7. The Bertz CT molecular complexity index is 552. The first-order valence-corrected chi connectivity index (χ1v) is 6.18. The summed E-state index contributed by atoms with van der Waals surface area (Å²) in [6, 6.07) is 4.29. The van der Waals surface area contributed by atoms with Crippen LogP contribution in [0.5, 0.6) is 5.75 Å². The van der Waals surface area contributed by atoms with Crippen molar-refractivity contribution in [2.24, 2.45) is 0 Å². The standard InChI is InChI=1S/C14H15NO5/c16-8-11(14(18)19)15-13(17)4-2-9-1-3-12-10(7-9)5-6-20-12/h1-4,7,11,16H,5-6,8H2,(H,15,17)(H,18,19)/b4-2+. The minimum atomic E-state index is -1.29. The molecule has 20 heavy (non-hydrogen) atoms. The van der Waals surface area contributed by atoms with E-state index in [1.54, 1.807) is 6.08 Å².